The van der Waals surface area contributed by atoms with Crippen molar-refractivity contribution in [1.29, 1.82) is 0 Å². The highest BCUT2D eigenvalue weighted by Gasteiger charge is 2.25. The van der Waals surface area contributed by atoms with Crippen molar-refractivity contribution < 1.29 is 17.6 Å². The van der Waals surface area contributed by atoms with Crippen LogP contribution >= 0.6 is 23.2 Å². The second-order valence-corrected chi connectivity index (χ2v) is 7.81. The molecule has 0 heterocycles. The zero-order chi connectivity index (χ0) is 18.6. The summed E-state index contributed by atoms with van der Waals surface area (Å²) in [4.78, 5) is 12.1. The van der Waals surface area contributed by atoms with E-state index in [0.717, 1.165) is 28.6 Å². The fraction of sp³-hybridized carbons (Fsp3) is 0.188. The van der Waals surface area contributed by atoms with E-state index in [-0.39, 0.29) is 16.5 Å². The number of sulfonamides is 1. The molecule has 0 radical (unpaired) electrons. The highest BCUT2D eigenvalue weighted by molar-refractivity contribution is 7.89. The molecule has 134 valence electrons. The van der Waals surface area contributed by atoms with Crippen molar-refractivity contribution in [3.63, 3.8) is 0 Å². The molecule has 9 heteroatoms. The van der Waals surface area contributed by atoms with Crippen LogP contribution in [0.3, 0.4) is 0 Å². The fourth-order valence-corrected chi connectivity index (χ4v) is 3.76. The molecule has 0 saturated heterocycles. The van der Waals surface area contributed by atoms with E-state index in [0.29, 0.717) is 10.7 Å². The van der Waals surface area contributed by atoms with Crippen LogP contribution in [-0.4, -0.2) is 31.7 Å². The standard InChI is InChI=1S/C16H15Cl2FN2O3S/c1-2-21(25(23,24)13-6-3-11(19)4-7-13)10-16(22)20-12-5-8-14(17)15(18)9-12/h3-9H,2,10H2,1H3,(H,20,22). The number of hydrogen-bond donors (Lipinski definition) is 1. The Labute approximate surface area is 155 Å². The largest absolute Gasteiger partial charge is 0.325 e. The molecule has 2 aromatic rings. The van der Waals surface area contributed by atoms with Gasteiger partial charge in [0, 0.05) is 12.2 Å². The monoisotopic (exact) mass is 404 g/mol. The first kappa shape index (κ1) is 19.7. The third-order valence-electron chi connectivity index (χ3n) is 3.33. The van der Waals surface area contributed by atoms with E-state index in [1.54, 1.807) is 13.0 Å². The second kappa shape index (κ2) is 8.14. The predicted octanol–water partition coefficient (Wildman–Crippen LogP) is 3.78. The van der Waals surface area contributed by atoms with E-state index in [1.807, 2.05) is 0 Å². The van der Waals surface area contributed by atoms with Crippen LogP contribution in [0.25, 0.3) is 0 Å². The second-order valence-electron chi connectivity index (χ2n) is 5.06. The molecule has 0 aliphatic carbocycles. The summed E-state index contributed by atoms with van der Waals surface area (Å²) in [5, 5.41) is 3.17. The Kier molecular flexibility index (Phi) is 6.40. The summed E-state index contributed by atoms with van der Waals surface area (Å²) in [5.41, 5.74) is 0.398. The number of rotatable bonds is 6. The van der Waals surface area contributed by atoms with Crippen LogP contribution < -0.4 is 5.32 Å². The van der Waals surface area contributed by atoms with Crippen LogP contribution in [0, 0.1) is 5.82 Å². The summed E-state index contributed by atoms with van der Waals surface area (Å²) in [6, 6.07) is 8.96. The van der Waals surface area contributed by atoms with Gasteiger partial charge in [0.25, 0.3) is 0 Å². The van der Waals surface area contributed by atoms with Crippen LogP contribution in [0.5, 0.6) is 0 Å². The average Bonchev–Trinajstić information content (AvgIpc) is 2.56. The van der Waals surface area contributed by atoms with Gasteiger partial charge in [0.2, 0.25) is 15.9 Å². The molecule has 0 fully saturated rings. The van der Waals surface area contributed by atoms with E-state index in [2.05, 4.69) is 5.32 Å². The maximum atomic E-state index is 13.0. The molecule has 0 spiro atoms. The minimum Gasteiger partial charge on any atom is -0.325 e. The maximum Gasteiger partial charge on any atom is 0.243 e. The molecular formula is C16H15Cl2FN2O3S. The van der Waals surface area contributed by atoms with Crippen LogP contribution in [0.2, 0.25) is 10.0 Å². The first-order valence-corrected chi connectivity index (χ1v) is 9.44. The SMILES string of the molecule is CCN(CC(=O)Nc1ccc(Cl)c(Cl)c1)S(=O)(=O)c1ccc(F)cc1. The summed E-state index contributed by atoms with van der Waals surface area (Å²) in [6.07, 6.45) is 0. The van der Waals surface area contributed by atoms with Crippen LogP contribution in [0.1, 0.15) is 6.92 Å². The Morgan fingerprint density at radius 1 is 1.12 bits per heavy atom. The molecule has 0 aromatic heterocycles. The number of nitrogens with zero attached hydrogens (tertiary/aromatic N) is 1. The van der Waals surface area contributed by atoms with Gasteiger partial charge in [-0.25, -0.2) is 12.8 Å². The molecule has 0 unspecified atom stereocenters. The van der Waals surface area contributed by atoms with Crippen molar-refractivity contribution in [2.45, 2.75) is 11.8 Å². The molecule has 1 N–H and O–H groups in total. The number of nitrogens with one attached hydrogen (secondary N) is 1. The molecule has 2 rings (SSSR count). The maximum absolute atomic E-state index is 13.0. The molecule has 0 saturated carbocycles. The van der Waals surface area contributed by atoms with Crippen molar-refractivity contribution in [3.05, 3.63) is 58.3 Å². The molecular weight excluding hydrogens is 390 g/mol. The lowest BCUT2D eigenvalue weighted by molar-refractivity contribution is -0.116. The zero-order valence-corrected chi connectivity index (χ0v) is 15.5. The third-order valence-corrected chi connectivity index (χ3v) is 6.00. The van der Waals surface area contributed by atoms with Gasteiger partial charge in [-0.2, -0.15) is 4.31 Å². The van der Waals surface area contributed by atoms with E-state index in [9.17, 15) is 17.6 Å². The van der Waals surface area contributed by atoms with Gasteiger partial charge in [-0.3, -0.25) is 4.79 Å². The van der Waals surface area contributed by atoms with Crippen molar-refractivity contribution in [1.82, 2.24) is 4.31 Å². The van der Waals surface area contributed by atoms with E-state index in [1.165, 1.54) is 12.1 Å². The minimum atomic E-state index is -3.91. The van der Waals surface area contributed by atoms with Gasteiger partial charge in [0.15, 0.2) is 0 Å². The first-order valence-electron chi connectivity index (χ1n) is 7.24. The zero-order valence-electron chi connectivity index (χ0n) is 13.2. The smallest absolute Gasteiger partial charge is 0.243 e. The van der Waals surface area contributed by atoms with Gasteiger partial charge in [-0.1, -0.05) is 30.1 Å². The Hall–Kier alpha value is -1.67. The number of benzene rings is 2. The topological polar surface area (TPSA) is 66.5 Å². The molecule has 0 atom stereocenters. The van der Waals surface area contributed by atoms with Crippen LogP contribution in [0.4, 0.5) is 10.1 Å². The third kappa shape index (κ3) is 4.92. The molecule has 2 aromatic carbocycles. The summed E-state index contributed by atoms with van der Waals surface area (Å²) in [5.74, 6) is -1.08. The van der Waals surface area contributed by atoms with E-state index in [4.69, 9.17) is 23.2 Å². The first-order chi connectivity index (χ1) is 11.7. The molecule has 25 heavy (non-hydrogen) atoms. The lowest BCUT2D eigenvalue weighted by atomic mass is 10.3. The van der Waals surface area contributed by atoms with Crippen molar-refractivity contribution in [2.24, 2.45) is 0 Å². The van der Waals surface area contributed by atoms with Gasteiger partial charge in [0.05, 0.1) is 21.5 Å². The van der Waals surface area contributed by atoms with Gasteiger partial charge in [-0.05, 0) is 42.5 Å². The minimum absolute atomic E-state index is 0.0779. The van der Waals surface area contributed by atoms with Gasteiger partial charge in [-0.15, -0.1) is 0 Å². The molecule has 0 aliphatic heterocycles. The number of anilines is 1. The van der Waals surface area contributed by atoms with Crippen molar-refractivity contribution >= 4 is 44.8 Å². The predicted molar refractivity (Wildman–Crippen MR) is 95.9 cm³/mol. The number of hydrogen-bond acceptors (Lipinski definition) is 3. The normalized spacial score (nSPS) is 11.6. The van der Waals surface area contributed by atoms with Crippen molar-refractivity contribution in [3.8, 4) is 0 Å². The Morgan fingerprint density at radius 3 is 2.32 bits per heavy atom. The van der Waals surface area contributed by atoms with Gasteiger partial charge >= 0.3 is 0 Å². The summed E-state index contributed by atoms with van der Waals surface area (Å²) < 4.78 is 39.1. The average molecular weight is 405 g/mol. The van der Waals surface area contributed by atoms with E-state index >= 15 is 0 Å². The highest BCUT2D eigenvalue weighted by Crippen LogP contribution is 2.25. The van der Waals surface area contributed by atoms with Crippen molar-refractivity contribution in [2.75, 3.05) is 18.4 Å². The van der Waals surface area contributed by atoms with Gasteiger partial charge in [0.1, 0.15) is 5.82 Å². The van der Waals surface area contributed by atoms with Crippen LogP contribution in [0.15, 0.2) is 47.4 Å². The molecule has 0 bridgehead atoms. The number of carbonyl (C=O) groups is 1. The highest BCUT2D eigenvalue weighted by atomic mass is 35.5. The number of amides is 1. The summed E-state index contributed by atoms with van der Waals surface area (Å²) in [6.45, 7) is 1.29. The summed E-state index contributed by atoms with van der Waals surface area (Å²) in [7, 11) is -3.91. The molecule has 0 aliphatic rings. The fourth-order valence-electron chi connectivity index (χ4n) is 2.06. The Bertz CT molecular complexity index is 873. The number of halogens is 3. The molecule has 1 amide bonds. The Balaban J connectivity index is 2.13. The lowest BCUT2D eigenvalue weighted by Crippen LogP contribution is -2.37. The van der Waals surface area contributed by atoms with E-state index < -0.39 is 28.3 Å². The molecule has 5 nitrogen and oxygen atoms in total. The number of likely N-dealkylation sites (N-methyl/N-ethyl adjacent to an activating group) is 1. The number of carbonyl (C=O) groups excluding carboxylic acids is 1. The quantitative estimate of drug-likeness (QED) is 0.796. The van der Waals surface area contributed by atoms with Crippen LogP contribution in [-0.2, 0) is 14.8 Å². The Morgan fingerprint density at radius 2 is 1.76 bits per heavy atom. The lowest BCUT2D eigenvalue weighted by Gasteiger charge is -2.20. The van der Waals surface area contributed by atoms with Gasteiger partial charge < -0.3 is 5.32 Å². The summed E-state index contributed by atoms with van der Waals surface area (Å²) >= 11 is 11.7.